The molecule has 2 aliphatic heterocycles. The third kappa shape index (κ3) is 6.21. The van der Waals surface area contributed by atoms with E-state index in [2.05, 4.69) is 25.3 Å². The highest BCUT2D eigenvalue weighted by molar-refractivity contribution is 8.01. The molecule has 0 spiro atoms. The van der Waals surface area contributed by atoms with E-state index in [4.69, 9.17) is 14.2 Å². The van der Waals surface area contributed by atoms with Crippen molar-refractivity contribution in [3.63, 3.8) is 0 Å². The predicted molar refractivity (Wildman–Crippen MR) is 133 cm³/mol. The van der Waals surface area contributed by atoms with E-state index >= 15 is 0 Å². The third-order valence-electron chi connectivity index (χ3n) is 5.39. The number of nitrogens with one attached hydrogen (secondary N) is 1. The Kier molecular flexibility index (Phi) is 8.51. The first-order valence-electron chi connectivity index (χ1n) is 11.4. The zero-order valence-corrected chi connectivity index (χ0v) is 20.8. The molecule has 1 amide bonds. The van der Waals surface area contributed by atoms with Crippen LogP contribution >= 0.6 is 23.1 Å². The first-order chi connectivity index (χ1) is 16.2. The molecule has 4 rings (SSSR count). The summed E-state index contributed by atoms with van der Waals surface area (Å²) in [5.41, 5.74) is 1.57. The lowest BCUT2D eigenvalue weighted by Gasteiger charge is -2.31. The molecule has 2 aromatic rings. The lowest BCUT2D eigenvalue weighted by Crippen LogP contribution is -2.36. The number of aromatic nitrogens is 2. The molecule has 2 fully saturated rings. The van der Waals surface area contributed by atoms with Crippen molar-refractivity contribution in [2.45, 2.75) is 31.0 Å². The lowest BCUT2D eigenvalue weighted by atomic mass is 10.2. The Morgan fingerprint density at radius 2 is 1.79 bits per heavy atom. The molecule has 0 unspecified atom stereocenters. The van der Waals surface area contributed by atoms with E-state index in [1.54, 1.807) is 11.3 Å². The Morgan fingerprint density at radius 3 is 2.52 bits per heavy atom. The topological polar surface area (TPSA) is 89.0 Å². The average Bonchev–Trinajstić information content (AvgIpc) is 3.52. The molecule has 3 heterocycles. The maximum atomic E-state index is 12.8. The third-order valence-corrected chi connectivity index (χ3v) is 7.50. The second-order valence-electron chi connectivity index (χ2n) is 7.66. The Morgan fingerprint density at radius 1 is 1.06 bits per heavy atom. The number of anilines is 3. The largest absolute Gasteiger partial charge is 0.492 e. The van der Waals surface area contributed by atoms with Crippen LogP contribution in [0.4, 0.5) is 16.5 Å². The van der Waals surface area contributed by atoms with Gasteiger partial charge in [-0.2, -0.15) is 0 Å². The molecule has 9 nitrogen and oxygen atoms in total. The van der Waals surface area contributed by atoms with Gasteiger partial charge in [-0.1, -0.05) is 23.1 Å². The highest BCUT2D eigenvalue weighted by Gasteiger charge is 2.21. The van der Waals surface area contributed by atoms with E-state index in [9.17, 15) is 4.79 Å². The summed E-state index contributed by atoms with van der Waals surface area (Å²) in [5.74, 6) is 1.48. The number of carbonyl (C=O) groups is 1. The minimum Gasteiger partial charge on any atom is -0.492 e. The first kappa shape index (κ1) is 23.9. The monoisotopic (exact) mass is 493 g/mol. The highest BCUT2D eigenvalue weighted by atomic mass is 32.2. The number of nitrogens with zero attached hydrogens (tertiary/aromatic N) is 4. The summed E-state index contributed by atoms with van der Waals surface area (Å²) in [4.78, 5) is 17.2. The Labute approximate surface area is 202 Å². The number of hydrogen-bond acceptors (Lipinski definition) is 10. The molecule has 1 N–H and O–H groups in total. The van der Waals surface area contributed by atoms with Gasteiger partial charge >= 0.3 is 0 Å². The zero-order valence-electron chi connectivity index (χ0n) is 19.2. The van der Waals surface area contributed by atoms with Gasteiger partial charge in [0.15, 0.2) is 4.34 Å². The van der Waals surface area contributed by atoms with Crippen molar-refractivity contribution >= 4 is 45.5 Å². The highest BCUT2D eigenvalue weighted by Crippen LogP contribution is 2.39. The summed E-state index contributed by atoms with van der Waals surface area (Å²) in [6, 6.07) is 3.81. The quantitative estimate of drug-likeness (QED) is 0.500. The Bertz CT molecular complexity index is 930. The number of amides is 1. The molecule has 1 aromatic carbocycles. The number of ether oxygens (including phenoxy) is 3. The van der Waals surface area contributed by atoms with Crippen LogP contribution in [0, 0.1) is 0 Å². The molecule has 0 aliphatic carbocycles. The summed E-state index contributed by atoms with van der Waals surface area (Å²) in [6.45, 7) is 9.90. The van der Waals surface area contributed by atoms with E-state index in [1.807, 2.05) is 26.0 Å². The van der Waals surface area contributed by atoms with Gasteiger partial charge in [0.2, 0.25) is 11.0 Å². The van der Waals surface area contributed by atoms with E-state index < -0.39 is 0 Å². The van der Waals surface area contributed by atoms with Gasteiger partial charge in [0, 0.05) is 38.3 Å². The maximum Gasteiger partial charge on any atom is 0.234 e. The number of thioether (sulfide) groups is 1. The van der Waals surface area contributed by atoms with E-state index in [0.29, 0.717) is 37.9 Å². The molecule has 2 saturated heterocycles. The van der Waals surface area contributed by atoms with E-state index in [0.717, 1.165) is 47.1 Å². The number of rotatable bonds is 10. The van der Waals surface area contributed by atoms with Gasteiger partial charge in [0.1, 0.15) is 11.5 Å². The fraction of sp³-hybridized carbons (Fsp3) is 0.591. The minimum atomic E-state index is -0.125. The Balaban J connectivity index is 1.44. The fourth-order valence-electron chi connectivity index (χ4n) is 3.85. The van der Waals surface area contributed by atoms with Gasteiger partial charge < -0.3 is 29.3 Å². The van der Waals surface area contributed by atoms with Crippen molar-refractivity contribution in [2.24, 2.45) is 0 Å². The van der Waals surface area contributed by atoms with Crippen LogP contribution < -0.4 is 24.6 Å². The molecular weight excluding hydrogens is 462 g/mol. The summed E-state index contributed by atoms with van der Waals surface area (Å²) in [6.07, 6.45) is 2.39. The SMILES string of the molecule is CCOc1cc(N2CCOCC2)c(OCC)cc1NC(=O)CSc1nnc(N2CCCC2)s1. The van der Waals surface area contributed by atoms with Crippen LogP contribution in [0.3, 0.4) is 0 Å². The van der Waals surface area contributed by atoms with Gasteiger partial charge in [-0.25, -0.2) is 0 Å². The predicted octanol–water partition coefficient (Wildman–Crippen LogP) is 3.50. The number of hydrogen-bond donors (Lipinski definition) is 1. The van der Waals surface area contributed by atoms with Crippen molar-refractivity contribution in [3.05, 3.63) is 12.1 Å². The number of benzene rings is 1. The first-order valence-corrected chi connectivity index (χ1v) is 13.3. The van der Waals surface area contributed by atoms with Crippen LogP contribution in [0.1, 0.15) is 26.7 Å². The van der Waals surface area contributed by atoms with E-state index in [1.165, 1.54) is 24.6 Å². The van der Waals surface area contributed by atoms with Crippen LogP contribution in [0.5, 0.6) is 11.5 Å². The molecule has 0 radical (unpaired) electrons. The number of morpholine rings is 1. The van der Waals surface area contributed by atoms with Crippen molar-refractivity contribution < 1.29 is 19.0 Å². The normalized spacial score (nSPS) is 16.2. The van der Waals surface area contributed by atoms with Crippen molar-refractivity contribution in [2.75, 3.05) is 73.5 Å². The van der Waals surface area contributed by atoms with Crippen LogP contribution in [0.25, 0.3) is 0 Å². The van der Waals surface area contributed by atoms with Crippen LogP contribution in [0.2, 0.25) is 0 Å². The molecule has 0 saturated carbocycles. The average molecular weight is 494 g/mol. The summed E-state index contributed by atoms with van der Waals surface area (Å²) >= 11 is 2.94. The molecule has 180 valence electrons. The molecule has 0 atom stereocenters. The lowest BCUT2D eigenvalue weighted by molar-refractivity contribution is -0.113. The molecular formula is C22H31N5O4S2. The fourth-order valence-corrected chi connectivity index (χ4v) is 5.55. The van der Waals surface area contributed by atoms with Gasteiger partial charge in [-0.3, -0.25) is 4.79 Å². The van der Waals surface area contributed by atoms with Crippen molar-refractivity contribution in [3.8, 4) is 11.5 Å². The van der Waals surface area contributed by atoms with Gasteiger partial charge in [0.25, 0.3) is 0 Å². The summed E-state index contributed by atoms with van der Waals surface area (Å²) in [5, 5.41) is 12.4. The number of carbonyl (C=O) groups excluding carboxylic acids is 1. The standard InChI is InChI=1S/C22H31N5O4S2/c1-3-30-18-14-17(26-9-11-29-12-10-26)19(31-4-2)13-16(18)23-20(28)15-32-22-25-24-21(33-22)27-7-5-6-8-27/h13-14H,3-12,15H2,1-2H3,(H,23,28). The van der Waals surface area contributed by atoms with Gasteiger partial charge in [-0.05, 0) is 26.7 Å². The molecule has 11 heteroatoms. The van der Waals surface area contributed by atoms with Crippen molar-refractivity contribution in [1.82, 2.24) is 10.2 Å². The molecule has 33 heavy (non-hydrogen) atoms. The Hall–Kier alpha value is -2.24. The summed E-state index contributed by atoms with van der Waals surface area (Å²) in [7, 11) is 0. The van der Waals surface area contributed by atoms with Crippen LogP contribution in [-0.4, -0.2) is 74.5 Å². The molecule has 0 bridgehead atoms. The van der Waals surface area contributed by atoms with Crippen LogP contribution in [-0.2, 0) is 9.53 Å². The minimum absolute atomic E-state index is 0.125. The second kappa shape index (κ2) is 11.8. The second-order valence-corrected chi connectivity index (χ2v) is 9.84. The molecule has 2 aliphatic rings. The smallest absolute Gasteiger partial charge is 0.234 e. The van der Waals surface area contributed by atoms with Gasteiger partial charge in [0.05, 0.1) is 43.6 Å². The van der Waals surface area contributed by atoms with E-state index in [-0.39, 0.29) is 11.7 Å². The van der Waals surface area contributed by atoms with Crippen LogP contribution in [0.15, 0.2) is 16.5 Å². The zero-order chi connectivity index (χ0) is 23.0. The van der Waals surface area contributed by atoms with Crippen molar-refractivity contribution in [1.29, 1.82) is 0 Å². The maximum absolute atomic E-state index is 12.8. The molecule has 1 aromatic heterocycles. The summed E-state index contributed by atoms with van der Waals surface area (Å²) < 4.78 is 18.1. The van der Waals surface area contributed by atoms with Gasteiger partial charge in [-0.15, -0.1) is 10.2 Å².